The average molecular weight is 550 g/mol. The highest BCUT2D eigenvalue weighted by Gasteiger charge is 2.57. The summed E-state index contributed by atoms with van der Waals surface area (Å²) in [5.74, 6) is -0.246. The van der Waals surface area contributed by atoms with Gasteiger partial charge in [-0.25, -0.2) is 18.9 Å². The highest BCUT2D eigenvalue weighted by Crippen LogP contribution is 2.57. The zero-order valence-corrected chi connectivity index (χ0v) is 23.5. The molecule has 38 heavy (non-hydrogen) atoms. The molecule has 1 saturated carbocycles. The Hall–Kier alpha value is -2.66. The summed E-state index contributed by atoms with van der Waals surface area (Å²) in [5, 5.41) is 11.2. The highest BCUT2D eigenvalue weighted by atomic mass is 32.2. The summed E-state index contributed by atoms with van der Waals surface area (Å²) in [6, 6.07) is 2.80. The van der Waals surface area contributed by atoms with E-state index in [0.29, 0.717) is 37.0 Å². The number of ether oxygens (including phenoxy) is 2. The maximum atomic E-state index is 14.8. The Bertz CT molecular complexity index is 1250. The van der Waals surface area contributed by atoms with E-state index < -0.39 is 46.4 Å². The number of aliphatic hydroxyl groups excluding tert-OH is 1. The predicted octanol–water partition coefficient (Wildman–Crippen LogP) is 5.46. The normalized spacial score (nSPS) is 24.2. The number of hydrogen-bond acceptors (Lipinski definition) is 8. The van der Waals surface area contributed by atoms with Gasteiger partial charge < -0.3 is 19.6 Å². The van der Waals surface area contributed by atoms with Crippen LogP contribution in [0.2, 0.25) is 0 Å². The minimum atomic E-state index is -1.18. The van der Waals surface area contributed by atoms with Crippen molar-refractivity contribution in [3.8, 4) is 0 Å². The van der Waals surface area contributed by atoms with Crippen molar-refractivity contribution in [2.75, 3.05) is 5.75 Å². The molecule has 2 amide bonds. The van der Waals surface area contributed by atoms with Crippen LogP contribution in [0.15, 0.2) is 23.1 Å². The Morgan fingerprint density at radius 3 is 2.18 bits per heavy atom. The third-order valence-electron chi connectivity index (χ3n) is 7.00. The van der Waals surface area contributed by atoms with Gasteiger partial charge in [-0.3, -0.25) is 9.78 Å². The molecular weight excluding hydrogens is 513 g/mol. The van der Waals surface area contributed by atoms with Crippen LogP contribution in [0.5, 0.6) is 0 Å². The number of nitrogens with one attached hydrogen (secondary N) is 1. The van der Waals surface area contributed by atoms with Gasteiger partial charge in [-0.05, 0) is 79.7 Å². The second-order valence-electron chi connectivity index (χ2n) is 12.3. The molecule has 4 heterocycles. The number of hydrogen-bond donors (Lipinski definition) is 2. The first-order chi connectivity index (χ1) is 17.5. The quantitative estimate of drug-likeness (QED) is 0.516. The van der Waals surface area contributed by atoms with E-state index in [-0.39, 0.29) is 22.2 Å². The zero-order chi connectivity index (χ0) is 28.1. The van der Waals surface area contributed by atoms with Crippen molar-refractivity contribution in [1.82, 2.24) is 14.9 Å². The van der Waals surface area contributed by atoms with Crippen molar-refractivity contribution >= 4 is 35.0 Å². The zero-order valence-electron chi connectivity index (χ0n) is 22.7. The van der Waals surface area contributed by atoms with Crippen LogP contribution in [-0.2, 0) is 9.47 Å². The summed E-state index contributed by atoms with van der Waals surface area (Å²) in [4.78, 5) is 46.2. The number of amides is 2. The molecule has 2 bridgehead atoms. The van der Waals surface area contributed by atoms with Gasteiger partial charge in [-0.2, -0.15) is 11.8 Å². The number of pyridine rings is 2. The molecule has 1 aliphatic carbocycles. The van der Waals surface area contributed by atoms with E-state index in [1.165, 1.54) is 12.1 Å². The third-order valence-corrected chi connectivity index (χ3v) is 8.87. The Kier molecular flexibility index (Phi) is 7.33. The average Bonchev–Trinajstić information content (AvgIpc) is 2.77. The molecule has 208 valence electrons. The molecule has 2 N–H and O–H groups in total. The predicted molar refractivity (Wildman–Crippen MR) is 143 cm³/mol. The standard InChI is InChI=1S/C27H36FN3O6S/c1-24(2,3)36-22(34)31(23(35)37-25(4,5)6)26-9-11-27(12-10-26,38-15-26)13-18(32)20-16(28)14-29-17-7-8-19(33)30-21(17)20/h7-8,14,18,32H,9-13,15H2,1-6H3,(H,30,33). The third kappa shape index (κ3) is 5.83. The van der Waals surface area contributed by atoms with E-state index in [1.54, 1.807) is 53.3 Å². The van der Waals surface area contributed by atoms with Gasteiger partial charge in [0.1, 0.15) is 17.0 Å². The largest absolute Gasteiger partial charge is 0.443 e. The van der Waals surface area contributed by atoms with Crippen LogP contribution >= 0.6 is 11.8 Å². The first-order valence-corrected chi connectivity index (χ1v) is 13.8. The minimum Gasteiger partial charge on any atom is -0.443 e. The molecule has 2 saturated heterocycles. The smallest absolute Gasteiger partial charge is 0.420 e. The van der Waals surface area contributed by atoms with Gasteiger partial charge in [0, 0.05) is 22.1 Å². The van der Waals surface area contributed by atoms with E-state index in [0.717, 1.165) is 11.1 Å². The van der Waals surface area contributed by atoms with Crippen molar-refractivity contribution in [2.45, 2.75) is 101 Å². The van der Waals surface area contributed by atoms with Gasteiger partial charge in [-0.1, -0.05) is 0 Å². The molecule has 5 rings (SSSR count). The number of aliphatic hydroxyl groups is 1. The van der Waals surface area contributed by atoms with E-state index in [1.807, 2.05) is 0 Å². The van der Waals surface area contributed by atoms with Crippen molar-refractivity contribution in [3.63, 3.8) is 0 Å². The van der Waals surface area contributed by atoms with Gasteiger partial charge in [0.15, 0.2) is 0 Å². The molecule has 9 nitrogen and oxygen atoms in total. The molecule has 1 atom stereocenters. The fourth-order valence-electron chi connectivity index (χ4n) is 5.25. The van der Waals surface area contributed by atoms with E-state index in [2.05, 4.69) is 9.97 Å². The van der Waals surface area contributed by atoms with Crippen LogP contribution in [0.4, 0.5) is 14.0 Å². The lowest BCUT2D eigenvalue weighted by atomic mass is 9.73. The fourth-order valence-corrected chi connectivity index (χ4v) is 7.01. The maximum absolute atomic E-state index is 14.8. The molecule has 2 aliphatic heterocycles. The molecule has 0 aromatic carbocycles. The second-order valence-corrected chi connectivity index (χ2v) is 13.8. The minimum absolute atomic E-state index is 0.0224. The maximum Gasteiger partial charge on any atom is 0.420 e. The summed E-state index contributed by atoms with van der Waals surface area (Å²) in [5.41, 5.74) is -2.19. The van der Waals surface area contributed by atoms with Crippen molar-refractivity contribution < 1.29 is 28.6 Å². The summed E-state index contributed by atoms with van der Waals surface area (Å²) in [6.07, 6.45) is 0.839. The molecule has 3 fully saturated rings. The van der Waals surface area contributed by atoms with Crippen LogP contribution in [0.3, 0.4) is 0 Å². The number of nitrogens with zero attached hydrogens (tertiary/aromatic N) is 2. The number of aromatic amines is 1. The fraction of sp³-hybridized carbons (Fsp3) is 0.630. The number of thioether (sulfide) groups is 1. The number of carbonyl (C=O) groups excluding carboxylic acids is 2. The highest BCUT2D eigenvalue weighted by molar-refractivity contribution is 8.00. The molecular formula is C27H36FN3O6S. The summed E-state index contributed by atoms with van der Waals surface area (Å²) in [7, 11) is 0. The number of H-pyrrole nitrogens is 1. The Labute approximate surface area is 225 Å². The summed E-state index contributed by atoms with van der Waals surface area (Å²) < 4.78 is 25.7. The molecule has 0 radical (unpaired) electrons. The topological polar surface area (TPSA) is 122 Å². The van der Waals surface area contributed by atoms with Gasteiger partial charge in [0.25, 0.3) is 0 Å². The van der Waals surface area contributed by atoms with Crippen molar-refractivity contribution in [1.29, 1.82) is 0 Å². The van der Waals surface area contributed by atoms with Gasteiger partial charge in [0.2, 0.25) is 5.56 Å². The SMILES string of the molecule is CC(C)(C)OC(=O)N(C(=O)OC(C)(C)C)C12CCC(CC(O)c3c(F)cnc4ccc(=O)[nH]c34)(CC1)SC2. The summed E-state index contributed by atoms with van der Waals surface area (Å²) >= 11 is 1.57. The first kappa shape index (κ1) is 28.4. The van der Waals surface area contributed by atoms with Gasteiger partial charge in [-0.15, -0.1) is 0 Å². The number of imide groups is 1. The number of carbonyl (C=O) groups is 2. The van der Waals surface area contributed by atoms with Crippen LogP contribution in [0, 0.1) is 5.82 Å². The number of halogens is 1. The van der Waals surface area contributed by atoms with Gasteiger partial charge >= 0.3 is 12.2 Å². The van der Waals surface area contributed by atoms with Crippen LogP contribution in [0.25, 0.3) is 11.0 Å². The lowest BCUT2D eigenvalue weighted by molar-refractivity contribution is -0.0320. The van der Waals surface area contributed by atoms with Crippen LogP contribution in [0.1, 0.15) is 85.3 Å². The van der Waals surface area contributed by atoms with E-state index in [9.17, 15) is 23.9 Å². The summed E-state index contributed by atoms with van der Waals surface area (Å²) in [6.45, 7) is 10.5. The molecule has 0 spiro atoms. The van der Waals surface area contributed by atoms with Crippen molar-refractivity contribution in [2.24, 2.45) is 0 Å². The van der Waals surface area contributed by atoms with Gasteiger partial charge in [0.05, 0.1) is 28.9 Å². The first-order valence-electron chi connectivity index (χ1n) is 12.8. The van der Waals surface area contributed by atoms with Crippen LogP contribution in [-0.4, -0.2) is 59.4 Å². The Morgan fingerprint density at radius 2 is 1.68 bits per heavy atom. The Morgan fingerprint density at radius 1 is 1.11 bits per heavy atom. The number of aromatic nitrogens is 2. The molecule has 11 heteroatoms. The lowest BCUT2D eigenvalue weighted by Gasteiger charge is -2.56. The number of fused-ring (bicyclic) bond motifs is 4. The van der Waals surface area contributed by atoms with E-state index >= 15 is 0 Å². The molecule has 1 unspecified atom stereocenters. The molecule has 2 aromatic rings. The van der Waals surface area contributed by atoms with E-state index in [4.69, 9.17) is 9.47 Å². The Balaban J connectivity index is 1.57. The number of rotatable bonds is 4. The van der Waals surface area contributed by atoms with Crippen LogP contribution < -0.4 is 5.56 Å². The second kappa shape index (κ2) is 9.82. The monoisotopic (exact) mass is 549 g/mol. The van der Waals surface area contributed by atoms with Crippen molar-refractivity contribution in [3.05, 3.63) is 40.1 Å². The lowest BCUT2D eigenvalue weighted by Crippen LogP contribution is -2.64. The molecule has 2 aromatic heterocycles. The molecule has 3 aliphatic rings.